The van der Waals surface area contributed by atoms with Crippen molar-refractivity contribution >= 4 is 5.91 Å². The Balaban J connectivity index is 2.40. The fraction of sp³-hybridized carbons (Fsp3) is 0.538. The highest BCUT2D eigenvalue weighted by molar-refractivity contribution is 5.76. The summed E-state index contributed by atoms with van der Waals surface area (Å²) in [6.45, 7) is 6.24. The van der Waals surface area contributed by atoms with E-state index < -0.39 is 0 Å². The van der Waals surface area contributed by atoms with Crippen LogP contribution >= 0.6 is 0 Å². The van der Waals surface area contributed by atoms with Crippen molar-refractivity contribution in [1.29, 1.82) is 0 Å². The first-order chi connectivity index (χ1) is 7.59. The number of nitrogens with zero attached hydrogens (tertiary/aromatic N) is 1. The van der Waals surface area contributed by atoms with Crippen molar-refractivity contribution in [2.24, 2.45) is 5.92 Å². The molecule has 1 amide bonds. The number of hydrogen-bond acceptors (Lipinski definition) is 2. The fourth-order valence-corrected chi connectivity index (χ4v) is 1.47. The molecule has 1 unspecified atom stereocenters. The molecule has 0 spiro atoms. The van der Waals surface area contributed by atoms with Gasteiger partial charge in [-0.25, -0.2) is 0 Å². The molecule has 1 rings (SSSR count). The second kappa shape index (κ2) is 6.26. The van der Waals surface area contributed by atoms with E-state index in [2.05, 4.69) is 24.1 Å². The number of carbonyl (C=O) groups excluding carboxylic acids is 1. The van der Waals surface area contributed by atoms with Gasteiger partial charge in [0.2, 0.25) is 5.91 Å². The van der Waals surface area contributed by atoms with Gasteiger partial charge in [-0.3, -0.25) is 9.78 Å². The van der Waals surface area contributed by atoms with Crippen LogP contribution in [-0.2, 0) is 4.79 Å². The average Bonchev–Trinajstić information content (AvgIpc) is 2.27. The lowest BCUT2D eigenvalue weighted by molar-refractivity contribution is -0.122. The maximum atomic E-state index is 11.6. The van der Waals surface area contributed by atoms with E-state index in [1.54, 1.807) is 12.4 Å². The second-order valence-electron chi connectivity index (χ2n) is 4.50. The Labute approximate surface area is 97.3 Å². The van der Waals surface area contributed by atoms with Crippen LogP contribution in [0.1, 0.15) is 45.2 Å². The molecule has 1 atom stereocenters. The van der Waals surface area contributed by atoms with Gasteiger partial charge < -0.3 is 5.32 Å². The highest BCUT2D eigenvalue weighted by Gasteiger charge is 2.09. The first kappa shape index (κ1) is 12.7. The van der Waals surface area contributed by atoms with Crippen molar-refractivity contribution in [3.8, 4) is 0 Å². The van der Waals surface area contributed by atoms with Crippen LogP contribution in [0.2, 0.25) is 0 Å². The maximum absolute atomic E-state index is 11.6. The van der Waals surface area contributed by atoms with E-state index in [1.165, 1.54) is 0 Å². The van der Waals surface area contributed by atoms with Crippen LogP contribution in [0.4, 0.5) is 0 Å². The normalized spacial score (nSPS) is 12.5. The molecule has 0 radical (unpaired) electrons. The minimum absolute atomic E-state index is 0.0580. The Morgan fingerprint density at radius 1 is 1.31 bits per heavy atom. The van der Waals surface area contributed by atoms with Crippen LogP contribution < -0.4 is 5.32 Å². The molecular formula is C13H20N2O. The number of hydrogen-bond donors (Lipinski definition) is 1. The standard InChI is InChI=1S/C13H20N2O/c1-10(2)4-5-13(16)15-11(3)12-6-8-14-9-7-12/h6-11H,4-5H2,1-3H3,(H,15,16). The third kappa shape index (κ3) is 4.43. The van der Waals surface area contributed by atoms with Gasteiger partial charge in [-0.05, 0) is 37.0 Å². The van der Waals surface area contributed by atoms with Gasteiger partial charge in [0.1, 0.15) is 0 Å². The van der Waals surface area contributed by atoms with E-state index >= 15 is 0 Å². The number of rotatable bonds is 5. The lowest BCUT2D eigenvalue weighted by atomic mass is 10.1. The van der Waals surface area contributed by atoms with Crippen molar-refractivity contribution in [2.45, 2.75) is 39.7 Å². The van der Waals surface area contributed by atoms with Crippen LogP contribution in [0.5, 0.6) is 0 Å². The molecule has 0 saturated carbocycles. The molecular weight excluding hydrogens is 200 g/mol. The first-order valence-electron chi connectivity index (χ1n) is 5.79. The Hall–Kier alpha value is -1.38. The van der Waals surface area contributed by atoms with Gasteiger partial charge in [-0.2, -0.15) is 0 Å². The van der Waals surface area contributed by atoms with Crippen LogP contribution in [0.15, 0.2) is 24.5 Å². The monoisotopic (exact) mass is 220 g/mol. The van der Waals surface area contributed by atoms with Gasteiger partial charge in [0, 0.05) is 18.8 Å². The van der Waals surface area contributed by atoms with Gasteiger partial charge in [0.25, 0.3) is 0 Å². The van der Waals surface area contributed by atoms with Crippen molar-refractivity contribution in [3.05, 3.63) is 30.1 Å². The largest absolute Gasteiger partial charge is 0.350 e. The summed E-state index contributed by atoms with van der Waals surface area (Å²) in [5.41, 5.74) is 1.09. The molecule has 1 aromatic heterocycles. The zero-order valence-electron chi connectivity index (χ0n) is 10.2. The molecule has 0 aliphatic carbocycles. The van der Waals surface area contributed by atoms with Crippen LogP contribution in [0, 0.1) is 5.92 Å². The maximum Gasteiger partial charge on any atom is 0.220 e. The van der Waals surface area contributed by atoms with Gasteiger partial charge in [0.05, 0.1) is 6.04 Å². The Morgan fingerprint density at radius 2 is 1.94 bits per heavy atom. The Morgan fingerprint density at radius 3 is 2.50 bits per heavy atom. The number of pyridine rings is 1. The van der Waals surface area contributed by atoms with Crippen LogP contribution in [0.25, 0.3) is 0 Å². The predicted octanol–water partition coefficient (Wildman–Crippen LogP) is 2.70. The third-order valence-corrected chi connectivity index (χ3v) is 2.53. The molecule has 1 heterocycles. The zero-order valence-corrected chi connectivity index (χ0v) is 10.2. The van der Waals surface area contributed by atoms with Crippen LogP contribution in [-0.4, -0.2) is 10.9 Å². The number of aromatic nitrogens is 1. The molecule has 0 aromatic carbocycles. The van der Waals surface area contributed by atoms with E-state index in [-0.39, 0.29) is 11.9 Å². The molecule has 0 aliphatic rings. The summed E-state index contributed by atoms with van der Waals surface area (Å²) >= 11 is 0. The molecule has 0 saturated heterocycles. The van der Waals surface area contributed by atoms with Gasteiger partial charge in [-0.15, -0.1) is 0 Å². The number of carbonyl (C=O) groups is 1. The van der Waals surface area contributed by atoms with Crippen molar-refractivity contribution in [2.75, 3.05) is 0 Å². The minimum atomic E-state index is 0.0580. The molecule has 16 heavy (non-hydrogen) atoms. The highest BCUT2D eigenvalue weighted by atomic mass is 16.1. The zero-order chi connectivity index (χ0) is 12.0. The second-order valence-corrected chi connectivity index (χ2v) is 4.50. The molecule has 1 N–H and O–H groups in total. The van der Waals surface area contributed by atoms with Crippen molar-refractivity contribution < 1.29 is 4.79 Å². The summed E-state index contributed by atoms with van der Waals surface area (Å²) < 4.78 is 0. The number of amides is 1. The van der Waals surface area contributed by atoms with E-state index in [1.807, 2.05) is 19.1 Å². The molecule has 0 aliphatic heterocycles. The van der Waals surface area contributed by atoms with Crippen molar-refractivity contribution in [1.82, 2.24) is 10.3 Å². The van der Waals surface area contributed by atoms with E-state index in [9.17, 15) is 4.79 Å². The van der Waals surface area contributed by atoms with E-state index in [0.717, 1.165) is 12.0 Å². The Bertz CT molecular complexity index is 322. The summed E-state index contributed by atoms with van der Waals surface area (Å²) in [5, 5.41) is 2.98. The minimum Gasteiger partial charge on any atom is -0.350 e. The quantitative estimate of drug-likeness (QED) is 0.829. The molecule has 3 nitrogen and oxygen atoms in total. The summed E-state index contributed by atoms with van der Waals surface area (Å²) in [6.07, 6.45) is 5.03. The first-order valence-corrected chi connectivity index (χ1v) is 5.79. The van der Waals surface area contributed by atoms with Crippen LogP contribution in [0.3, 0.4) is 0 Å². The lowest BCUT2D eigenvalue weighted by Crippen LogP contribution is -2.26. The lowest BCUT2D eigenvalue weighted by Gasteiger charge is -2.14. The summed E-state index contributed by atoms with van der Waals surface area (Å²) in [5.74, 6) is 0.694. The summed E-state index contributed by atoms with van der Waals surface area (Å²) in [4.78, 5) is 15.6. The van der Waals surface area contributed by atoms with E-state index in [4.69, 9.17) is 0 Å². The number of nitrogens with one attached hydrogen (secondary N) is 1. The SMILES string of the molecule is CC(C)CCC(=O)NC(C)c1ccncc1. The molecule has 0 fully saturated rings. The molecule has 1 aromatic rings. The van der Waals surface area contributed by atoms with Gasteiger partial charge in [0.15, 0.2) is 0 Å². The van der Waals surface area contributed by atoms with Gasteiger partial charge in [-0.1, -0.05) is 13.8 Å². The molecule has 3 heteroatoms. The predicted molar refractivity (Wildman–Crippen MR) is 64.9 cm³/mol. The smallest absolute Gasteiger partial charge is 0.220 e. The fourth-order valence-electron chi connectivity index (χ4n) is 1.47. The average molecular weight is 220 g/mol. The highest BCUT2D eigenvalue weighted by Crippen LogP contribution is 2.11. The summed E-state index contributed by atoms with van der Waals surface area (Å²) in [6, 6.07) is 3.91. The molecule has 88 valence electrons. The van der Waals surface area contributed by atoms with Gasteiger partial charge >= 0.3 is 0 Å². The Kier molecular flexibility index (Phi) is 4.96. The molecule has 0 bridgehead atoms. The van der Waals surface area contributed by atoms with E-state index in [0.29, 0.717) is 12.3 Å². The summed E-state index contributed by atoms with van der Waals surface area (Å²) in [7, 11) is 0. The van der Waals surface area contributed by atoms with Crippen molar-refractivity contribution in [3.63, 3.8) is 0 Å². The topological polar surface area (TPSA) is 42.0 Å². The third-order valence-electron chi connectivity index (χ3n) is 2.53.